The fraction of sp³-hybridized carbons (Fsp3) is 0.429. The van der Waals surface area contributed by atoms with E-state index in [0.717, 1.165) is 91.0 Å². The molecule has 2 aromatic carbocycles. The summed E-state index contributed by atoms with van der Waals surface area (Å²) < 4.78 is 11.6. The van der Waals surface area contributed by atoms with E-state index in [4.69, 9.17) is 37.7 Å². The number of hydrogen-bond acceptors (Lipinski definition) is 8. The number of hydrogen-bond donors (Lipinski definition) is 2. The maximum atomic E-state index is 12.1. The van der Waals surface area contributed by atoms with Gasteiger partial charge in [-0.2, -0.15) is 0 Å². The zero-order chi connectivity index (χ0) is 38.2. The lowest BCUT2D eigenvalue weighted by Crippen LogP contribution is -2.44. The molecular formula is C42H50Cl2N6O4. The largest absolute Gasteiger partial charge is 0.496 e. The van der Waals surface area contributed by atoms with Crippen molar-refractivity contribution in [1.29, 1.82) is 0 Å². The number of ether oxygens (including phenoxy) is 2. The standard InChI is InChI=1S/C42H50Cl2N6O4/c1-5-37(51)49-20-15-30(16-21-49)46-25-28-11-10-27(24-36(28)53-3)41-40(44)33(14-19-45-41)32-8-7-9-34(39(32)43)35-13-12-29(42(48-35)54-4)26-47-31-17-22-50(23-18-31)38(52)6-2/h7-14,19,24,30-31,46-47H,5-6,15-18,20-23,25-26H2,1-4H3. The first-order valence-corrected chi connectivity index (χ1v) is 19.7. The number of halogens is 2. The summed E-state index contributed by atoms with van der Waals surface area (Å²) in [6.07, 6.45) is 6.54. The summed E-state index contributed by atoms with van der Waals surface area (Å²) in [6.45, 7) is 8.21. The van der Waals surface area contributed by atoms with Gasteiger partial charge in [0.2, 0.25) is 17.7 Å². The summed E-state index contributed by atoms with van der Waals surface area (Å²) in [5, 5.41) is 8.28. The molecule has 0 radical (unpaired) electrons. The topological polar surface area (TPSA) is 109 Å². The Morgan fingerprint density at radius 3 is 1.91 bits per heavy atom. The smallest absolute Gasteiger partial charge is 0.222 e. The molecule has 2 aromatic heterocycles. The normalized spacial score (nSPS) is 15.4. The first kappa shape index (κ1) is 39.5. The van der Waals surface area contributed by atoms with Crippen LogP contribution in [0.15, 0.2) is 60.8 Å². The van der Waals surface area contributed by atoms with Gasteiger partial charge in [-0.05, 0) is 43.9 Å². The van der Waals surface area contributed by atoms with Crippen LogP contribution in [0.25, 0.3) is 33.6 Å². The second-order valence-corrected chi connectivity index (χ2v) is 14.6. The minimum absolute atomic E-state index is 0.217. The number of carbonyl (C=O) groups is 2. The third-order valence-electron chi connectivity index (χ3n) is 10.6. The highest BCUT2D eigenvalue weighted by Crippen LogP contribution is 2.42. The lowest BCUT2D eigenvalue weighted by Gasteiger charge is -2.32. The lowest BCUT2D eigenvalue weighted by atomic mass is 9.99. The van der Waals surface area contributed by atoms with Gasteiger partial charge in [-0.25, -0.2) is 4.98 Å². The van der Waals surface area contributed by atoms with Crippen molar-refractivity contribution in [3.8, 4) is 45.3 Å². The number of rotatable bonds is 13. The van der Waals surface area contributed by atoms with Crippen molar-refractivity contribution in [2.45, 2.75) is 77.5 Å². The molecule has 0 saturated carbocycles. The molecule has 4 aromatic rings. The second kappa shape index (κ2) is 18.4. The number of pyridine rings is 2. The first-order chi connectivity index (χ1) is 26.2. The molecule has 0 unspecified atom stereocenters. The van der Waals surface area contributed by atoms with Crippen LogP contribution >= 0.6 is 23.2 Å². The molecule has 0 aliphatic carbocycles. The minimum atomic E-state index is 0.217. The molecule has 2 N–H and O–H groups in total. The SMILES string of the molecule is CCC(=O)N1CCC(NCc2ccc(-c3nccc(-c4cccc(-c5ccc(CNC6CCN(C(=O)CC)CC6)c(OC)n5)c4Cl)c3Cl)cc2OC)CC1. The number of methoxy groups -OCH3 is 2. The summed E-state index contributed by atoms with van der Waals surface area (Å²) >= 11 is 14.3. The quantitative estimate of drug-likeness (QED) is 0.142. The Morgan fingerprint density at radius 2 is 1.31 bits per heavy atom. The lowest BCUT2D eigenvalue weighted by molar-refractivity contribution is -0.132. The van der Waals surface area contributed by atoms with Gasteiger partial charge in [-0.3, -0.25) is 14.6 Å². The maximum absolute atomic E-state index is 12.1. The Bertz CT molecular complexity index is 1800. The van der Waals surface area contributed by atoms with E-state index in [2.05, 4.69) is 15.6 Å². The number of piperidine rings is 2. The molecule has 0 atom stereocenters. The molecular weight excluding hydrogens is 723 g/mol. The van der Waals surface area contributed by atoms with Crippen LogP contribution in [0.2, 0.25) is 10.0 Å². The van der Waals surface area contributed by atoms with Gasteiger partial charge in [0.25, 0.3) is 0 Å². The Hall–Kier alpha value is -4.22. The van der Waals surface area contributed by atoms with Crippen LogP contribution in [-0.2, 0) is 22.7 Å². The fourth-order valence-corrected chi connectivity index (χ4v) is 8.03. The molecule has 0 bridgehead atoms. The van der Waals surface area contributed by atoms with E-state index < -0.39 is 0 Å². The van der Waals surface area contributed by atoms with E-state index in [9.17, 15) is 9.59 Å². The Balaban J connectivity index is 1.16. The summed E-state index contributed by atoms with van der Waals surface area (Å²) in [4.78, 5) is 37.6. The summed E-state index contributed by atoms with van der Waals surface area (Å²) in [6, 6.07) is 18.4. The van der Waals surface area contributed by atoms with Gasteiger partial charge in [0.15, 0.2) is 0 Å². The fourth-order valence-electron chi connectivity index (χ4n) is 7.38. The van der Waals surface area contributed by atoms with Crippen LogP contribution in [0.4, 0.5) is 0 Å². The number of nitrogens with zero attached hydrogens (tertiary/aromatic N) is 4. The number of aromatic nitrogens is 2. The number of benzene rings is 2. The van der Waals surface area contributed by atoms with Crippen molar-refractivity contribution in [2.24, 2.45) is 0 Å². The van der Waals surface area contributed by atoms with Gasteiger partial charge >= 0.3 is 0 Å². The number of carbonyl (C=O) groups excluding carboxylic acids is 2. The number of likely N-dealkylation sites (tertiary alicyclic amines) is 2. The third-order valence-corrected chi connectivity index (χ3v) is 11.4. The zero-order valence-electron chi connectivity index (χ0n) is 31.6. The monoisotopic (exact) mass is 772 g/mol. The van der Waals surface area contributed by atoms with Gasteiger partial charge in [0.1, 0.15) is 5.75 Å². The average Bonchev–Trinajstić information content (AvgIpc) is 3.22. The molecule has 54 heavy (non-hydrogen) atoms. The van der Waals surface area contributed by atoms with Gasteiger partial charge in [0, 0.05) is 104 Å². The van der Waals surface area contributed by atoms with Crippen LogP contribution in [0.5, 0.6) is 11.6 Å². The molecule has 2 saturated heterocycles. The van der Waals surface area contributed by atoms with Crippen LogP contribution in [-0.4, -0.2) is 84.1 Å². The van der Waals surface area contributed by atoms with Crippen molar-refractivity contribution < 1.29 is 19.1 Å². The molecule has 2 fully saturated rings. The van der Waals surface area contributed by atoms with Crippen LogP contribution < -0.4 is 20.1 Å². The van der Waals surface area contributed by atoms with Crippen molar-refractivity contribution in [3.05, 3.63) is 82.0 Å². The highest BCUT2D eigenvalue weighted by molar-refractivity contribution is 6.39. The molecule has 6 rings (SSSR count). The maximum Gasteiger partial charge on any atom is 0.222 e. The van der Waals surface area contributed by atoms with Gasteiger partial charge in [0.05, 0.1) is 35.7 Å². The van der Waals surface area contributed by atoms with Crippen LogP contribution in [0.3, 0.4) is 0 Å². The zero-order valence-corrected chi connectivity index (χ0v) is 33.1. The van der Waals surface area contributed by atoms with Crippen LogP contribution in [0.1, 0.15) is 63.5 Å². The van der Waals surface area contributed by atoms with E-state index >= 15 is 0 Å². The minimum Gasteiger partial charge on any atom is -0.496 e. The number of nitrogens with one attached hydrogen (secondary N) is 2. The molecule has 0 spiro atoms. The molecule has 286 valence electrons. The van der Waals surface area contributed by atoms with E-state index in [0.29, 0.717) is 65.3 Å². The van der Waals surface area contributed by atoms with Gasteiger partial charge < -0.3 is 29.9 Å². The van der Waals surface area contributed by atoms with E-state index in [1.807, 2.05) is 78.2 Å². The molecule has 12 heteroatoms. The van der Waals surface area contributed by atoms with Crippen molar-refractivity contribution >= 4 is 35.0 Å². The Morgan fingerprint density at radius 1 is 0.741 bits per heavy atom. The van der Waals surface area contributed by atoms with E-state index in [1.54, 1.807) is 20.4 Å². The Kier molecular flexibility index (Phi) is 13.5. The summed E-state index contributed by atoms with van der Waals surface area (Å²) in [7, 11) is 3.29. The summed E-state index contributed by atoms with van der Waals surface area (Å²) in [5.41, 5.74) is 6.41. The molecule has 4 heterocycles. The predicted molar refractivity (Wildman–Crippen MR) is 215 cm³/mol. The second-order valence-electron chi connectivity index (χ2n) is 13.9. The third kappa shape index (κ3) is 9.00. The molecule has 2 aliphatic heterocycles. The van der Waals surface area contributed by atoms with E-state index in [1.165, 1.54) is 0 Å². The van der Waals surface area contributed by atoms with Crippen LogP contribution in [0, 0.1) is 0 Å². The van der Waals surface area contributed by atoms with Crippen molar-refractivity contribution in [2.75, 3.05) is 40.4 Å². The highest BCUT2D eigenvalue weighted by Gasteiger charge is 2.24. The summed E-state index contributed by atoms with van der Waals surface area (Å²) in [5.74, 6) is 1.72. The first-order valence-electron chi connectivity index (χ1n) is 18.9. The number of amides is 2. The van der Waals surface area contributed by atoms with Crippen molar-refractivity contribution in [3.63, 3.8) is 0 Å². The Labute approximate surface area is 328 Å². The van der Waals surface area contributed by atoms with Crippen molar-refractivity contribution in [1.82, 2.24) is 30.4 Å². The predicted octanol–water partition coefficient (Wildman–Crippen LogP) is 7.78. The molecule has 2 amide bonds. The highest BCUT2D eigenvalue weighted by atomic mass is 35.5. The molecule has 2 aliphatic rings. The molecule has 10 nitrogen and oxygen atoms in total. The van der Waals surface area contributed by atoms with Gasteiger partial charge in [-0.15, -0.1) is 0 Å². The van der Waals surface area contributed by atoms with E-state index in [-0.39, 0.29) is 11.8 Å². The average molecular weight is 774 g/mol. The van der Waals surface area contributed by atoms with Gasteiger partial charge in [-0.1, -0.05) is 73.4 Å².